The molecule has 4 nitrogen and oxygen atoms in total. The highest BCUT2D eigenvalue weighted by atomic mass is 15.2. The van der Waals surface area contributed by atoms with Crippen LogP contribution in [0.4, 0.5) is 5.69 Å². The van der Waals surface area contributed by atoms with Crippen molar-refractivity contribution in [1.29, 1.82) is 0 Å². The summed E-state index contributed by atoms with van der Waals surface area (Å²) in [6.45, 7) is 0.729. The van der Waals surface area contributed by atoms with Crippen molar-refractivity contribution in [3.05, 3.63) is 230 Å². The van der Waals surface area contributed by atoms with Crippen molar-refractivity contribution in [1.82, 2.24) is 9.88 Å². The van der Waals surface area contributed by atoms with Gasteiger partial charge in [0.1, 0.15) is 6.17 Å². The van der Waals surface area contributed by atoms with Crippen LogP contribution in [0.15, 0.2) is 185 Å². The highest BCUT2D eigenvalue weighted by molar-refractivity contribution is 5.81. The molecule has 7 aliphatic carbocycles. The molecule has 0 saturated heterocycles. The molecule has 0 spiro atoms. The fourth-order valence-corrected chi connectivity index (χ4v) is 11.5. The van der Waals surface area contributed by atoms with E-state index in [9.17, 15) is 0 Å². The Kier molecular flexibility index (Phi) is 9.90. The molecule has 3 aromatic carbocycles. The molecule has 4 atom stereocenters. The third-order valence-electron chi connectivity index (χ3n) is 14.6. The van der Waals surface area contributed by atoms with Gasteiger partial charge in [0.25, 0.3) is 0 Å². The lowest BCUT2D eigenvalue weighted by Crippen LogP contribution is -2.27. The van der Waals surface area contributed by atoms with E-state index in [0.717, 1.165) is 64.3 Å². The lowest BCUT2D eigenvalue weighted by molar-refractivity contribution is 0.552. The van der Waals surface area contributed by atoms with Gasteiger partial charge in [-0.25, -0.2) is 0 Å². The van der Waals surface area contributed by atoms with E-state index in [0.29, 0.717) is 17.8 Å². The van der Waals surface area contributed by atoms with Crippen LogP contribution >= 0.6 is 0 Å². The fourth-order valence-electron chi connectivity index (χ4n) is 11.5. The van der Waals surface area contributed by atoms with Crippen molar-refractivity contribution in [3.63, 3.8) is 0 Å². The lowest BCUT2D eigenvalue weighted by atomic mass is 9.82. The first kappa shape index (κ1) is 38.2. The second kappa shape index (κ2) is 16.3. The van der Waals surface area contributed by atoms with Gasteiger partial charge < -0.3 is 9.47 Å². The van der Waals surface area contributed by atoms with E-state index in [-0.39, 0.29) is 6.17 Å². The summed E-state index contributed by atoms with van der Waals surface area (Å²) in [5, 5.41) is 3.99. The number of rotatable bonds is 9. The van der Waals surface area contributed by atoms with Gasteiger partial charge in [-0.05, 0) is 144 Å². The first-order valence-corrected chi connectivity index (χ1v) is 23.4. The van der Waals surface area contributed by atoms with Gasteiger partial charge in [0.05, 0.1) is 5.69 Å². The summed E-state index contributed by atoms with van der Waals surface area (Å²) in [7, 11) is 0. The first-order valence-electron chi connectivity index (χ1n) is 23.4. The quantitative estimate of drug-likeness (QED) is 0.171. The maximum atomic E-state index is 5.41. The Bertz CT molecular complexity index is 2900. The maximum absolute atomic E-state index is 5.41. The van der Waals surface area contributed by atoms with E-state index in [4.69, 9.17) is 4.99 Å². The van der Waals surface area contributed by atoms with Crippen molar-refractivity contribution < 1.29 is 0 Å². The van der Waals surface area contributed by atoms with Crippen molar-refractivity contribution in [3.8, 4) is 5.69 Å². The number of benzene rings is 3. The zero-order valence-corrected chi connectivity index (χ0v) is 36.0. The minimum atomic E-state index is -0.234. The molecule has 0 bridgehead atoms. The molecule has 0 radical (unpaired) electrons. The summed E-state index contributed by atoms with van der Waals surface area (Å²) < 4.78 is 2.61. The zero-order chi connectivity index (χ0) is 41.7. The lowest BCUT2D eigenvalue weighted by Gasteiger charge is -2.32. The summed E-state index contributed by atoms with van der Waals surface area (Å²) in [6, 6.07) is 25.3. The number of nitrogens with zero attached hydrogens (tertiary/aromatic N) is 3. The average Bonchev–Trinajstić information content (AvgIpc) is 3.84. The Morgan fingerprint density at radius 2 is 1.63 bits per heavy atom. The molecule has 4 aromatic rings. The topological polar surface area (TPSA) is 32.6 Å². The number of aromatic nitrogens is 1. The van der Waals surface area contributed by atoms with Crippen molar-refractivity contribution >= 4 is 30.1 Å². The zero-order valence-electron chi connectivity index (χ0n) is 36.0. The van der Waals surface area contributed by atoms with Crippen LogP contribution in [0.25, 0.3) is 23.9 Å². The van der Waals surface area contributed by atoms with Crippen molar-refractivity contribution in [2.75, 3.05) is 4.90 Å². The highest BCUT2D eigenvalue weighted by Crippen LogP contribution is 2.51. The number of aliphatic imine (C=N–C) groups is 1. The van der Waals surface area contributed by atoms with Crippen molar-refractivity contribution in [2.45, 2.75) is 76.4 Å². The second-order valence-corrected chi connectivity index (χ2v) is 18.3. The van der Waals surface area contributed by atoms with Crippen LogP contribution < -0.4 is 10.2 Å². The van der Waals surface area contributed by atoms with E-state index >= 15 is 0 Å². The number of fused-ring (bicyclic) bond motifs is 7. The van der Waals surface area contributed by atoms with Crippen LogP contribution in [0.3, 0.4) is 0 Å². The summed E-state index contributed by atoms with van der Waals surface area (Å²) in [5.74, 6) is 1.12. The molecule has 4 heteroatoms. The van der Waals surface area contributed by atoms with E-state index < -0.39 is 0 Å². The van der Waals surface area contributed by atoms with Crippen LogP contribution in [0, 0.1) is 11.8 Å². The van der Waals surface area contributed by atoms with Crippen LogP contribution in [0.5, 0.6) is 0 Å². The number of nitrogens with one attached hydrogen (secondary N) is 1. The van der Waals surface area contributed by atoms with Gasteiger partial charge in [-0.1, -0.05) is 134 Å². The number of anilines is 1. The Hall–Kier alpha value is -6.49. The van der Waals surface area contributed by atoms with Gasteiger partial charge in [-0.2, -0.15) is 0 Å². The molecule has 12 rings (SSSR count). The van der Waals surface area contributed by atoms with Gasteiger partial charge in [0.2, 0.25) is 0 Å². The smallest absolute Gasteiger partial charge is 0.127 e. The van der Waals surface area contributed by atoms with Gasteiger partial charge in [-0.15, -0.1) is 0 Å². The molecule has 0 saturated carbocycles. The number of allylic oxidation sites excluding steroid dienone is 18. The predicted molar refractivity (Wildman–Crippen MR) is 263 cm³/mol. The first-order chi connectivity index (χ1) is 31.2. The van der Waals surface area contributed by atoms with Gasteiger partial charge in [-0.3, -0.25) is 10.3 Å². The number of hydrogen-bond donors (Lipinski definition) is 1. The molecule has 1 N–H and O–H groups in total. The Morgan fingerprint density at radius 3 is 2.57 bits per heavy atom. The molecule has 63 heavy (non-hydrogen) atoms. The van der Waals surface area contributed by atoms with Gasteiger partial charge in [0, 0.05) is 64.5 Å². The van der Waals surface area contributed by atoms with Crippen molar-refractivity contribution in [2.24, 2.45) is 16.8 Å². The molecule has 0 amide bonds. The molecular formula is C59H54N4. The summed E-state index contributed by atoms with van der Waals surface area (Å²) >= 11 is 0. The summed E-state index contributed by atoms with van der Waals surface area (Å²) in [5.41, 5.74) is 22.0. The largest absolute Gasteiger partial charge is 0.317 e. The standard InChI is InChI=1S/C59H54N4/c1-3-17-40(18-4-1)38-60-59(61-39-45-23-9-10-24-48(45)41-19-5-2-6-20-41)51-27-13-16-30-56(51)63-55-29-15-12-26-50(55)53-35-46-33-47(32-31-44(46)37-58(53)63)62-54-28-14-11-25-49(54)52-34-42-21-7-8-22-43(42)36-57(52)62/h1-3,5-10,12-14,16-17,19,21-24,26-28,30-34,37-38,41,43,53,59,61H,4,11,15,18,20,25,29,35-36,39H2/b60-38+. The number of hydrogen-bond acceptors (Lipinski definition) is 3. The molecule has 0 fully saturated rings. The molecule has 8 aliphatic rings. The Labute approximate surface area is 372 Å². The third kappa shape index (κ3) is 6.92. The van der Waals surface area contributed by atoms with Crippen LogP contribution in [-0.2, 0) is 25.8 Å². The molecule has 4 unspecified atom stereocenters. The normalized spacial score (nSPS) is 22.9. The van der Waals surface area contributed by atoms with E-state index in [1.807, 2.05) is 0 Å². The van der Waals surface area contributed by atoms with E-state index in [2.05, 4.69) is 191 Å². The Balaban J connectivity index is 0.923. The third-order valence-corrected chi connectivity index (χ3v) is 14.6. The van der Waals surface area contributed by atoms with Gasteiger partial charge >= 0.3 is 0 Å². The van der Waals surface area contributed by atoms with Crippen LogP contribution in [-0.4, -0.2) is 10.8 Å². The summed E-state index contributed by atoms with van der Waals surface area (Å²) in [4.78, 5) is 8.05. The second-order valence-electron chi connectivity index (χ2n) is 18.3. The number of para-hydroxylation sites is 1. The van der Waals surface area contributed by atoms with Gasteiger partial charge in [0.15, 0.2) is 0 Å². The fraction of sp³-hybridized carbons (Fsp3) is 0.237. The van der Waals surface area contributed by atoms with E-state index in [1.165, 1.54) is 89.8 Å². The Morgan fingerprint density at radius 1 is 0.762 bits per heavy atom. The van der Waals surface area contributed by atoms with E-state index in [1.54, 1.807) is 0 Å². The van der Waals surface area contributed by atoms with Crippen LogP contribution in [0.1, 0.15) is 101 Å². The average molecular weight is 819 g/mol. The SMILES string of the molecule is C1=CCCC(/C=N/C(NCc2ccccc2C2C=CC=CC2)c2ccccc2N2C3=Cc4ccc(-n5c6c(c7c5CC5C=CC=CC5=C7)CCC=C6)cc4CC3C3=C2CCC=C3)=C1. The highest BCUT2D eigenvalue weighted by Gasteiger charge is 2.40. The molecule has 1 aliphatic heterocycles. The summed E-state index contributed by atoms with van der Waals surface area (Å²) in [6.07, 6.45) is 50.6. The minimum Gasteiger partial charge on any atom is -0.317 e. The van der Waals surface area contributed by atoms with Crippen LogP contribution in [0.2, 0.25) is 0 Å². The monoisotopic (exact) mass is 818 g/mol. The molecule has 2 heterocycles. The minimum absolute atomic E-state index is 0.234. The maximum Gasteiger partial charge on any atom is 0.127 e. The molecule has 1 aromatic heterocycles. The molecule has 310 valence electrons. The molecular weight excluding hydrogens is 765 g/mol. The predicted octanol–water partition coefficient (Wildman–Crippen LogP) is 13.5.